The van der Waals surface area contributed by atoms with Crippen LogP contribution in [-0.2, 0) is 13.3 Å². The average Bonchev–Trinajstić information content (AvgIpc) is 2.33. The molecule has 0 radical (unpaired) electrons. The van der Waals surface area contributed by atoms with Gasteiger partial charge in [-0.05, 0) is 12.1 Å². The fraction of sp³-hybridized carbons (Fsp3) is 0.300. The number of primary amides is 1. The van der Waals surface area contributed by atoms with Crippen molar-refractivity contribution < 1.29 is 18.1 Å². The molecule has 0 unspecified atom stereocenters. The van der Waals surface area contributed by atoms with Crippen LogP contribution in [0, 0.1) is 0 Å². The van der Waals surface area contributed by atoms with E-state index in [1.165, 1.54) is 21.3 Å². The fourth-order valence-corrected chi connectivity index (χ4v) is 3.22. The molecule has 0 bridgehead atoms. The number of hydrogen-bond donors (Lipinski definition) is 1. The highest BCUT2D eigenvalue weighted by atomic mass is 28.4. The van der Waals surface area contributed by atoms with E-state index in [2.05, 4.69) is 0 Å². The van der Waals surface area contributed by atoms with Gasteiger partial charge in [-0.2, -0.15) is 0 Å². The molecule has 0 spiro atoms. The van der Waals surface area contributed by atoms with Crippen molar-refractivity contribution in [1.29, 1.82) is 0 Å². The normalized spacial score (nSPS) is 11.4. The molecular weight excluding hydrogens is 226 g/mol. The molecule has 1 rings (SSSR count). The van der Waals surface area contributed by atoms with E-state index in [9.17, 15) is 4.79 Å². The van der Waals surface area contributed by atoms with Gasteiger partial charge >= 0.3 is 8.80 Å². The molecule has 1 aromatic rings. The van der Waals surface area contributed by atoms with Crippen molar-refractivity contribution in [3.63, 3.8) is 0 Å². The molecule has 0 aromatic heterocycles. The first kappa shape index (κ1) is 12.9. The average molecular weight is 241 g/mol. The SMILES string of the molecule is CO[Si](OC)(OC)c1ccc(C(N)=O)cc1. The second kappa shape index (κ2) is 5.22. The van der Waals surface area contributed by atoms with E-state index in [4.69, 9.17) is 19.0 Å². The summed E-state index contributed by atoms with van der Waals surface area (Å²) >= 11 is 0. The molecule has 16 heavy (non-hydrogen) atoms. The number of carbonyl (C=O) groups is 1. The molecule has 0 saturated heterocycles. The lowest BCUT2D eigenvalue weighted by Gasteiger charge is -2.24. The Labute approximate surface area is 95.5 Å². The summed E-state index contributed by atoms with van der Waals surface area (Å²) in [6.07, 6.45) is 0. The summed E-state index contributed by atoms with van der Waals surface area (Å²) in [4.78, 5) is 10.9. The van der Waals surface area contributed by atoms with E-state index in [0.717, 1.165) is 5.19 Å². The van der Waals surface area contributed by atoms with Gasteiger partial charge in [-0.3, -0.25) is 4.79 Å². The number of amides is 1. The first-order valence-electron chi connectivity index (χ1n) is 4.65. The van der Waals surface area contributed by atoms with Crippen LogP contribution in [0.5, 0.6) is 0 Å². The van der Waals surface area contributed by atoms with Gasteiger partial charge in [-0.25, -0.2) is 0 Å². The lowest BCUT2D eigenvalue weighted by atomic mass is 10.2. The summed E-state index contributed by atoms with van der Waals surface area (Å²) in [7, 11) is 1.78. The molecule has 0 saturated carbocycles. The third kappa shape index (κ3) is 2.30. The number of nitrogens with two attached hydrogens (primary N) is 1. The summed E-state index contributed by atoms with van der Waals surface area (Å²) in [5, 5.41) is 0.782. The quantitative estimate of drug-likeness (QED) is 0.729. The molecule has 0 atom stereocenters. The molecule has 5 nitrogen and oxygen atoms in total. The van der Waals surface area contributed by atoms with Crippen LogP contribution in [-0.4, -0.2) is 36.0 Å². The first-order valence-corrected chi connectivity index (χ1v) is 6.38. The third-order valence-corrected chi connectivity index (χ3v) is 4.98. The summed E-state index contributed by atoms with van der Waals surface area (Å²) in [5.74, 6) is -0.467. The highest BCUT2D eigenvalue weighted by Gasteiger charge is 2.40. The van der Waals surface area contributed by atoms with E-state index in [0.29, 0.717) is 5.56 Å². The summed E-state index contributed by atoms with van der Waals surface area (Å²) in [6, 6.07) is 6.69. The van der Waals surface area contributed by atoms with Crippen LogP contribution in [0.2, 0.25) is 0 Å². The largest absolute Gasteiger partial charge is 0.536 e. The van der Waals surface area contributed by atoms with Crippen LogP contribution >= 0.6 is 0 Å². The van der Waals surface area contributed by atoms with Gasteiger partial charge in [-0.1, -0.05) is 12.1 Å². The van der Waals surface area contributed by atoms with Crippen LogP contribution in [0.3, 0.4) is 0 Å². The minimum absolute atomic E-state index is 0.440. The molecular formula is C10H15NO4Si. The van der Waals surface area contributed by atoms with Gasteiger partial charge in [0.15, 0.2) is 0 Å². The number of carbonyl (C=O) groups excluding carboxylic acids is 1. The highest BCUT2D eigenvalue weighted by Crippen LogP contribution is 2.07. The highest BCUT2D eigenvalue weighted by molar-refractivity contribution is 6.75. The molecule has 2 N–H and O–H groups in total. The molecule has 0 fully saturated rings. The molecule has 88 valence electrons. The number of hydrogen-bond acceptors (Lipinski definition) is 4. The molecule has 0 aliphatic rings. The second-order valence-corrected chi connectivity index (χ2v) is 6.02. The van der Waals surface area contributed by atoms with Crippen molar-refractivity contribution in [2.24, 2.45) is 5.73 Å². The van der Waals surface area contributed by atoms with Crippen molar-refractivity contribution in [3.05, 3.63) is 29.8 Å². The number of benzene rings is 1. The zero-order chi connectivity index (χ0) is 12.2. The molecule has 1 aromatic carbocycles. The van der Waals surface area contributed by atoms with Gasteiger partial charge in [0, 0.05) is 32.1 Å². The second-order valence-electron chi connectivity index (χ2n) is 3.11. The Morgan fingerprint density at radius 1 is 1.06 bits per heavy atom. The third-order valence-electron chi connectivity index (χ3n) is 2.33. The zero-order valence-corrected chi connectivity index (χ0v) is 10.5. The maximum absolute atomic E-state index is 10.9. The topological polar surface area (TPSA) is 70.8 Å². The maximum Gasteiger partial charge on any atom is 0.536 e. The molecule has 6 heteroatoms. The first-order chi connectivity index (χ1) is 7.59. The number of rotatable bonds is 5. The molecule has 0 aliphatic carbocycles. The molecule has 0 heterocycles. The van der Waals surface area contributed by atoms with Crippen LogP contribution in [0.25, 0.3) is 0 Å². The molecule has 0 aliphatic heterocycles. The standard InChI is InChI=1S/C10H15NO4Si/c1-13-16(14-2,15-3)9-6-4-8(5-7-9)10(11)12/h4-7H,1-3H3,(H2,11,12). The summed E-state index contributed by atoms with van der Waals surface area (Å²) in [5.41, 5.74) is 5.59. The Balaban J connectivity index is 3.08. The Morgan fingerprint density at radius 2 is 1.50 bits per heavy atom. The predicted molar refractivity (Wildman–Crippen MR) is 61.4 cm³/mol. The van der Waals surface area contributed by atoms with E-state index in [1.807, 2.05) is 0 Å². The zero-order valence-electron chi connectivity index (χ0n) is 9.52. The summed E-state index contributed by atoms with van der Waals surface area (Å²) in [6.45, 7) is 0. The van der Waals surface area contributed by atoms with E-state index >= 15 is 0 Å². The smallest absolute Gasteiger partial charge is 0.373 e. The van der Waals surface area contributed by atoms with Gasteiger partial charge in [0.2, 0.25) is 5.91 Å². The van der Waals surface area contributed by atoms with Crippen molar-refractivity contribution >= 4 is 19.9 Å². The van der Waals surface area contributed by atoms with E-state index < -0.39 is 14.7 Å². The van der Waals surface area contributed by atoms with Gasteiger partial charge < -0.3 is 19.0 Å². The van der Waals surface area contributed by atoms with Crippen LogP contribution in [0.15, 0.2) is 24.3 Å². The fourth-order valence-electron chi connectivity index (χ4n) is 1.44. The monoisotopic (exact) mass is 241 g/mol. The van der Waals surface area contributed by atoms with Crippen molar-refractivity contribution in [2.75, 3.05) is 21.3 Å². The lowest BCUT2D eigenvalue weighted by Crippen LogP contribution is -2.54. The molecule has 1 amide bonds. The van der Waals surface area contributed by atoms with Gasteiger partial charge in [-0.15, -0.1) is 0 Å². The van der Waals surface area contributed by atoms with Crippen LogP contribution in [0.1, 0.15) is 10.4 Å². The minimum Gasteiger partial charge on any atom is -0.373 e. The Kier molecular flexibility index (Phi) is 4.19. The van der Waals surface area contributed by atoms with Gasteiger partial charge in [0.1, 0.15) is 0 Å². The summed E-state index contributed by atoms with van der Waals surface area (Å²) < 4.78 is 15.9. The van der Waals surface area contributed by atoms with Crippen molar-refractivity contribution in [1.82, 2.24) is 0 Å². The Morgan fingerprint density at radius 3 is 1.81 bits per heavy atom. The van der Waals surface area contributed by atoms with Crippen molar-refractivity contribution in [3.8, 4) is 0 Å². The lowest BCUT2D eigenvalue weighted by molar-refractivity contribution is 0.1000. The van der Waals surface area contributed by atoms with Gasteiger partial charge in [0.05, 0.1) is 0 Å². The Bertz CT molecular complexity index is 353. The van der Waals surface area contributed by atoms with Crippen molar-refractivity contribution in [2.45, 2.75) is 0 Å². The van der Waals surface area contributed by atoms with Crippen LogP contribution < -0.4 is 10.9 Å². The minimum atomic E-state index is -2.80. The maximum atomic E-state index is 10.9. The van der Waals surface area contributed by atoms with Crippen LogP contribution in [0.4, 0.5) is 0 Å². The van der Waals surface area contributed by atoms with E-state index in [1.54, 1.807) is 24.3 Å². The Hall–Kier alpha value is -1.21. The van der Waals surface area contributed by atoms with E-state index in [-0.39, 0.29) is 0 Å². The van der Waals surface area contributed by atoms with Gasteiger partial charge in [0.25, 0.3) is 0 Å². The predicted octanol–water partition coefficient (Wildman–Crippen LogP) is -0.129.